The van der Waals surface area contributed by atoms with Crippen molar-refractivity contribution in [3.63, 3.8) is 0 Å². The van der Waals surface area contributed by atoms with Crippen LogP contribution in [0.5, 0.6) is 0 Å². The maximum absolute atomic E-state index is 4.77. The first-order chi connectivity index (χ1) is 2.41. The lowest BCUT2D eigenvalue weighted by Crippen LogP contribution is -1.63. The molecule has 2 radical (unpaired) electrons. The molecule has 0 aromatic heterocycles. The monoisotopic (exact) mass is 84.0 g/mol. The van der Waals surface area contributed by atoms with Crippen LogP contribution < -0.4 is 0 Å². The van der Waals surface area contributed by atoms with Gasteiger partial charge in [-0.2, -0.15) is 0 Å². The van der Waals surface area contributed by atoms with E-state index in [1.807, 2.05) is 0 Å². The van der Waals surface area contributed by atoms with Gasteiger partial charge >= 0.3 is 0 Å². The molecular weight excluding hydrogens is 80.1 g/mol. The van der Waals surface area contributed by atoms with E-state index in [0.717, 1.165) is 0 Å². The van der Waals surface area contributed by atoms with Crippen molar-refractivity contribution in [2.24, 2.45) is 0 Å². The molecule has 0 spiro atoms. The fourth-order valence-corrected chi connectivity index (χ4v) is 0.144. The van der Waals surface area contributed by atoms with E-state index in [1.54, 1.807) is 6.42 Å². The Kier molecular flexibility index (Phi) is 3.84. The van der Waals surface area contributed by atoms with Crippen LogP contribution in [-0.4, -0.2) is 5.75 Å². The summed E-state index contributed by atoms with van der Waals surface area (Å²) >= 11 is 4.45. The van der Waals surface area contributed by atoms with Crippen LogP contribution in [0, 0.1) is 18.8 Å². The Hall–Kier alpha value is -0.0900. The van der Waals surface area contributed by atoms with Crippen LogP contribution in [-0.2, 0) is 0 Å². The Labute approximate surface area is 38.0 Å². The average molecular weight is 84.1 g/mol. The second-order valence-electron chi connectivity index (χ2n) is 0.537. The van der Waals surface area contributed by atoms with Crippen molar-refractivity contribution in [1.82, 2.24) is 0 Å². The van der Waals surface area contributed by atoms with Crippen LogP contribution in [0.3, 0.4) is 0 Å². The predicted octanol–water partition coefficient (Wildman–Crippen LogP) is 1.02. The number of terminal acetylenes is 1. The summed E-state index contributed by atoms with van der Waals surface area (Å²) in [7, 11) is 0. The molecule has 0 amide bonds. The van der Waals surface area contributed by atoms with Crippen molar-refractivity contribution in [1.29, 1.82) is 0 Å². The van der Waals surface area contributed by atoms with Gasteiger partial charge in [-0.3, -0.25) is 0 Å². The highest BCUT2D eigenvalue weighted by Crippen LogP contribution is 1.73. The summed E-state index contributed by atoms with van der Waals surface area (Å²) in [5, 5.41) is 0. The highest BCUT2D eigenvalue weighted by atomic mass is 32.1. The summed E-state index contributed by atoms with van der Waals surface area (Å²) in [6.07, 6.45) is 6.36. The van der Waals surface area contributed by atoms with Crippen LogP contribution in [0.2, 0.25) is 0 Å². The Morgan fingerprint density at radius 2 is 2.60 bits per heavy atom. The fourth-order valence-electron chi connectivity index (χ4n) is 0.0481. The van der Waals surface area contributed by atoms with Crippen molar-refractivity contribution < 1.29 is 0 Å². The quantitative estimate of drug-likeness (QED) is 0.416. The maximum Gasteiger partial charge on any atom is 0.0444 e. The van der Waals surface area contributed by atoms with Gasteiger partial charge in [0.15, 0.2) is 0 Å². The van der Waals surface area contributed by atoms with E-state index < -0.39 is 0 Å². The van der Waals surface area contributed by atoms with Crippen molar-refractivity contribution >= 4 is 12.6 Å². The SMILES string of the molecule is C#C[CH]C[S]. The van der Waals surface area contributed by atoms with Crippen molar-refractivity contribution in [3.8, 4) is 12.3 Å². The summed E-state index contributed by atoms with van der Waals surface area (Å²) in [5.74, 6) is 2.85. The van der Waals surface area contributed by atoms with Crippen molar-refractivity contribution in [3.05, 3.63) is 6.42 Å². The molecule has 5 heavy (non-hydrogen) atoms. The first kappa shape index (κ1) is 4.91. The standard InChI is InChI=1S/C4H4S/c1-2-3-4-5/h1,3H,4H2. The van der Waals surface area contributed by atoms with Gasteiger partial charge in [-0.15, -0.1) is 12.3 Å². The van der Waals surface area contributed by atoms with Gasteiger partial charge in [-0.1, -0.05) is 12.6 Å². The number of rotatable bonds is 1. The van der Waals surface area contributed by atoms with Gasteiger partial charge in [-0.25, -0.2) is 0 Å². The van der Waals surface area contributed by atoms with Gasteiger partial charge in [0.05, 0.1) is 0 Å². The molecule has 0 aliphatic rings. The summed E-state index contributed by atoms with van der Waals surface area (Å²) in [5.41, 5.74) is 0. The molecule has 0 fully saturated rings. The lowest BCUT2D eigenvalue weighted by molar-refractivity contribution is 1.67. The molecule has 0 N–H and O–H groups in total. The van der Waals surface area contributed by atoms with Gasteiger partial charge in [-0.05, 0) is 0 Å². The molecule has 1 heteroatoms. The molecule has 0 nitrogen and oxygen atoms in total. The van der Waals surface area contributed by atoms with Gasteiger partial charge in [0.25, 0.3) is 0 Å². The van der Waals surface area contributed by atoms with E-state index in [9.17, 15) is 0 Å². The van der Waals surface area contributed by atoms with Gasteiger partial charge < -0.3 is 0 Å². The van der Waals surface area contributed by atoms with Crippen molar-refractivity contribution in [2.45, 2.75) is 0 Å². The highest BCUT2D eigenvalue weighted by molar-refractivity contribution is 7.80. The molecule has 0 aromatic carbocycles. The Balaban J connectivity index is 2.48. The van der Waals surface area contributed by atoms with E-state index in [2.05, 4.69) is 18.5 Å². The molecule has 0 saturated heterocycles. The molecular formula is C4H4S. The molecule has 0 unspecified atom stereocenters. The second-order valence-corrected chi connectivity index (χ2v) is 0.871. The second kappa shape index (κ2) is 3.91. The zero-order valence-electron chi connectivity index (χ0n) is 2.77. The van der Waals surface area contributed by atoms with E-state index in [1.165, 1.54) is 0 Å². The summed E-state index contributed by atoms with van der Waals surface area (Å²) in [6, 6.07) is 0. The minimum atomic E-state index is 0.566. The molecule has 0 aliphatic carbocycles. The maximum atomic E-state index is 4.77. The van der Waals surface area contributed by atoms with Gasteiger partial charge in [0.2, 0.25) is 0 Å². The predicted molar refractivity (Wildman–Crippen MR) is 25.6 cm³/mol. The van der Waals surface area contributed by atoms with Crippen LogP contribution >= 0.6 is 12.6 Å². The number of hydrogen-bond donors (Lipinski definition) is 0. The smallest absolute Gasteiger partial charge is 0.0444 e. The van der Waals surface area contributed by atoms with Crippen LogP contribution in [0.1, 0.15) is 0 Å². The Bertz CT molecular complexity index is 42.1. The lowest BCUT2D eigenvalue weighted by atomic mass is 10.5. The third-order valence-electron chi connectivity index (χ3n) is 0.201. The van der Waals surface area contributed by atoms with E-state index >= 15 is 0 Å². The topological polar surface area (TPSA) is 0 Å². The minimum absolute atomic E-state index is 0.566. The molecule has 0 aliphatic heterocycles. The molecule has 0 atom stereocenters. The third-order valence-corrected chi connectivity index (χ3v) is 0.368. The van der Waals surface area contributed by atoms with Crippen molar-refractivity contribution in [2.75, 3.05) is 5.75 Å². The van der Waals surface area contributed by atoms with Crippen LogP contribution in [0.25, 0.3) is 0 Å². The zero-order chi connectivity index (χ0) is 4.12. The first-order valence-corrected chi connectivity index (χ1v) is 1.85. The molecule has 0 aromatic rings. The largest absolute Gasteiger partial charge is 0.120 e. The highest BCUT2D eigenvalue weighted by Gasteiger charge is 1.64. The Morgan fingerprint density at radius 1 is 2.00 bits per heavy atom. The fraction of sp³-hybridized carbons (Fsp3) is 0.250. The van der Waals surface area contributed by atoms with Crippen LogP contribution in [0.4, 0.5) is 0 Å². The first-order valence-electron chi connectivity index (χ1n) is 1.27. The summed E-state index contributed by atoms with van der Waals surface area (Å²) in [6.45, 7) is 0. The lowest BCUT2D eigenvalue weighted by Gasteiger charge is -1.66. The average Bonchev–Trinajstić information content (AvgIpc) is 1.41. The zero-order valence-corrected chi connectivity index (χ0v) is 3.59. The van der Waals surface area contributed by atoms with E-state index in [4.69, 9.17) is 6.42 Å². The molecule has 0 saturated carbocycles. The van der Waals surface area contributed by atoms with Crippen LogP contribution in [0.15, 0.2) is 0 Å². The normalized spacial score (nSPS) is 6.40. The van der Waals surface area contributed by atoms with E-state index in [-0.39, 0.29) is 0 Å². The van der Waals surface area contributed by atoms with Gasteiger partial charge in [0.1, 0.15) is 0 Å². The Morgan fingerprint density at radius 3 is 2.60 bits per heavy atom. The minimum Gasteiger partial charge on any atom is -0.120 e. The summed E-state index contributed by atoms with van der Waals surface area (Å²) in [4.78, 5) is 0. The molecule has 26 valence electrons. The summed E-state index contributed by atoms with van der Waals surface area (Å²) < 4.78 is 0. The molecule has 0 heterocycles. The number of hydrogen-bond acceptors (Lipinski definition) is 0. The third kappa shape index (κ3) is 3.91. The molecule has 0 rings (SSSR count). The van der Waals surface area contributed by atoms with E-state index in [0.29, 0.717) is 5.75 Å². The van der Waals surface area contributed by atoms with Gasteiger partial charge in [0, 0.05) is 12.2 Å². The molecule has 0 bridgehead atoms.